The second-order valence-electron chi connectivity index (χ2n) is 3.39. The lowest BCUT2D eigenvalue weighted by atomic mass is 10.2. The molecular weight excluding hydrogens is 236 g/mol. The Morgan fingerprint density at radius 3 is 2.29 bits per heavy atom. The van der Waals surface area contributed by atoms with Crippen LogP contribution in [0, 0.1) is 0 Å². The largest absolute Gasteiger partial charge is 0.499 e. The Morgan fingerprint density at radius 2 is 1.82 bits per heavy atom. The molecule has 0 aromatic heterocycles. The van der Waals surface area contributed by atoms with Gasteiger partial charge in [0.1, 0.15) is 12.2 Å². The predicted octanol–water partition coefficient (Wildman–Crippen LogP) is -2.60. The maximum atomic E-state index is 11.0. The van der Waals surface area contributed by atoms with Crippen LogP contribution < -0.4 is 0 Å². The summed E-state index contributed by atoms with van der Waals surface area (Å²) in [5.74, 6) is -2.37. The molecule has 1 aliphatic heterocycles. The van der Waals surface area contributed by atoms with Gasteiger partial charge in [-0.15, -0.1) is 0 Å². The van der Waals surface area contributed by atoms with Crippen molar-refractivity contribution in [2.45, 2.75) is 18.3 Å². The Kier molecular flexibility index (Phi) is 4.70. The fraction of sp³-hybridized carbons (Fsp3) is 0.667. The molecule has 0 aliphatic carbocycles. The van der Waals surface area contributed by atoms with Crippen LogP contribution in [0.25, 0.3) is 0 Å². The summed E-state index contributed by atoms with van der Waals surface area (Å²) in [5, 5.41) is 45.0. The van der Waals surface area contributed by atoms with Gasteiger partial charge in [-0.25, -0.2) is 4.79 Å². The minimum atomic E-state index is -1.46. The highest BCUT2D eigenvalue weighted by Crippen LogP contribution is 2.25. The van der Waals surface area contributed by atoms with E-state index in [1.165, 1.54) is 0 Å². The van der Waals surface area contributed by atoms with Gasteiger partial charge in [-0.1, -0.05) is 0 Å². The van der Waals surface area contributed by atoms with E-state index in [9.17, 15) is 15.0 Å². The van der Waals surface area contributed by atoms with Crippen LogP contribution in [0.5, 0.6) is 0 Å². The predicted molar refractivity (Wildman–Crippen MR) is 51.7 cm³/mol. The van der Waals surface area contributed by atoms with Crippen molar-refractivity contribution in [2.24, 2.45) is 0 Å². The third-order valence-corrected chi connectivity index (χ3v) is 2.16. The molecule has 0 saturated carbocycles. The minimum absolute atomic E-state index is 0.412. The molecule has 0 aromatic rings. The van der Waals surface area contributed by atoms with Gasteiger partial charge in [-0.05, 0) is 0 Å². The van der Waals surface area contributed by atoms with Gasteiger partial charge in [0.2, 0.25) is 5.76 Å². The zero-order valence-corrected chi connectivity index (χ0v) is 8.81. The average Bonchev–Trinajstić information content (AvgIpc) is 2.62. The first-order valence-electron chi connectivity index (χ1n) is 4.86. The molecule has 0 saturated heterocycles. The number of carbonyl (C=O) groups excluding carboxylic acids is 1. The smallest absolute Gasteiger partial charge is 0.378 e. The molecule has 0 aromatic carbocycles. The van der Waals surface area contributed by atoms with Crippen molar-refractivity contribution in [1.82, 2.24) is 0 Å². The molecular formula is C9H14O8. The molecule has 17 heavy (non-hydrogen) atoms. The lowest BCUT2D eigenvalue weighted by molar-refractivity contribution is -0.148. The molecule has 8 nitrogen and oxygen atoms in total. The lowest BCUT2D eigenvalue weighted by Crippen LogP contribution is -2.34. The summed E-state index contributed by atoms with van der Waals surface area (Å²) in [5.41, 5.74) is 0. The molecule has 1 heterocycles. The third kappa shape index (κ3) is 2.86. The van der Waals surface area contributed by atoms with Gasteiger partial charge in [0.15, 0.2) is 11.9 Å². The van der Waals surface area contributed by atoms with Gasteiger partial charge < -0.3 is 35.0 Å². The number of aliphatic hydroxyl groups excluding tert-OH is 5. The molecule has 0 spiro atoms. The second kappa shape index (κ2) is 5.82. The van der Waals surface area contributed by atoms with Gasteiger partial charge in [-0.3, -0.25) is 0 Å². The normalized spacial score (nSPS) is 21.9. The molecule has 0 fully saturated rings. The first-order valence-corrected chi connectivity index (χ1v) is 4.86. The molecule has 8 heteroatoms. The van der Waals surface area contributed by atoms with E-state index >= 15 is 0 Å². The zero-order chi connectivity index (χ0) is 13.0. The number of rotatable bonds is 6. The van der Waals surface area contributed by atoms with E-state index in [0.717, 1.165) is 0 Å². The first-order chi connectivity index (χ1) is 8.04. The molecule has 1 aliphatic rings. The fourth-order valence-corrected chi connectivity index (χ4v) is 1.24. The van der Waals surface area contributed by atoms with Gasteiger partial charge in [0.25, 0.3) is 0 Å². The fourth-order valence-electron chi connectivity index (χ4n) is 1.24. The van der Waals surface area contributed by atoms with Crippen molar-refractivity contribution in [3.8, 4) is 0 Å². The van der Waals surface area contributed by atoms with Crippen LogP contribution in [0.4, 0.5) is 0 Å². The number of hydrogen-bond acceptors (Lipinski definition) is 8. The van der Waals surface area contributed by atoms with Crippen LogP contribution in [0.1, 0.15) is 0 Å². The zero-order valence-electron chi connectivity index (χ0n) is 8.81. The summed E-state index contributed by atoms with van der Waals surface area (Å²) in [7, 11) is 0. The van der Waals surface area contributed by atoms with E-state index in [1.54, 1.807) is 0 Å². The van der Waals surface area contributed by atoms with Crippen molar-refractivity contribution in [1.29, 1.82) is 0 Å². The second-order valence-corrected chi connectivity index (χ2v) is 3.39. The number of aliphatic hydroxyl groups is 5. The van der Waals surface area contributed by atoms with Crippen molar-refractivity contribution in [3.63, 3.8) is 0 Å². The van der Waals surface area contributed by atoms with Crippen molar-refractivity contribution < 1.29 is 39.8 Å². The van der Waals surface area contributed by atoms with E-state index in [2.05, 4.69) is 4.74 Å². The topological polar surface area (TPSA) is 137 Å². The molecule has 5 N–H and O–H groups in total. The van der Waals surface area contributed by atoms with E-state index in [4.69, 9.17) is 20.1 Å². The summed E-state index contributed by atoms with van der Waals surface area (Å²) in [6.45, 7) is -1.81. The third-order valence-electron chi connectivity index (χ3n) is 2.16. The summed E-state index contributed by atoms with van der Waals surface area (Å²) >= 11 is 0. The van der Waals surface area contributed by atoms with Crippen LogP contribution in [0.3, 0.4) is 0 Å². The number of hydrogen-bond donors (Lipinski definition) is 5. The number of ether oxygens (including phenoxy) is 2. The molecule has 2 atom stereocenters. The Morgan fingerprint density at radius 1 is 1.24 bits per heavy atom. The van der Waals surface area contributed by atoms with Crippen molar-refractivity contribution in [3.05, 3.63) is 11.5 Å². The molecule has 98 valence electrons. The maximum Gasteiger partial charge on any atom is 0.378 e. The van der Waals surface area contributed by atoms with Gasteiger partial charge >= 0.3 is 5.97 Å². The number of esters is 1. The Hall–Kier alpha value is -1.35. The highest BCUT2D eigenvalue weighted by molar-refractivity contribution is 5.89. The molecule has 1 rings (SSSR count). The van der Waals surface area contributed by atoms with E-state index in [0.29, 0.717) is 0 Å². The monoisotopic (exact) mass is 250 g/mol. The Balaban J connectivity index is 2.86. The van der Waals surface area contributed by atoms with E-state index in [1.807, 2.05) is 0 Å². The van der Waals surface area contributed by atoms with E-state index < -0.39 is 55.6 Å². The highest BCUT2D eigenvalue weighted by atomic mass is 16.6. The summed E-state index contributed by atoms with van der Waals surface area (Å²) in [6, 6.07) is 0. The van der Waals surface area contributed by atoms with Gasteiger partial charge in [0, 0.05) is 0 Å². The van der Waals surface area contributed by atoms with Crippen LogP contribution >= 0.6 is 0 Å². The standard InChI is InChI=1S/C9H14O8/c10-1-4(2-11)16-8-6(14)9(15)17-7(8)5(13)3-12/h4-5,7,10-14H,1-3H2. The molecule has 0 radical (unpaired) electrons. The van der Waals surface area contributed by atoms with E-state index in [-0.39, 0.29) is 0 Å². The Bertz CT molecular complexity index is 308. The van der Waals surface area contributed by atoms with Crippen LogP contribution in [0.2, 0.25) is 0 Å². The first kappa shape index (κ1) is 13.7. The molecule has 2 unspecified atom stereocenters. The summed E-state index contributed by atoms with van der Waals surface area (Å²) in [6.07, 6.45) is -3.88. The maximum absolute atomic E-state index is 11.0. The van der Waals surface area contributed by atoms with Crippen molar-refractivity contribution in [2.75, 3.05) is 19.8 Å². The summed E-state index contributed by atoms with van der Waals surface area (Å²) in [4.78, 5) is 11.0. The SMILES string of the molecule is O=C1OC(C(O)CO)C(OC(CO)CO)=C1O. The molecule has 0 amide bonds. The van der Waals surface area contributed by atoms with Crippen LogP contribution in [-0.4, -0.2) is 69.6 Å². The summed E-state index contributed by atoms with van der Waals surface area (Å²) < 4.78 is 9.51. The minimum Gasteiger partial charge on any atom is -0.499 e. The molecule has 0 bridgehead atoms. The highest BCUT2D eigenvalue weighted by Gasteiger charge is 2.41. The lowest BCUT2D eigenvalue weighted by Gasteiger charge is -2.21. The quantitative estimate of drug-likeness (QED) is 0.324. The number of cyclic esters (lactones) is 1. The Labute approximate surface area is 96.3 Å². The van der Waals surface area contributed by atoms with Gasteiger partial charge in [0.05, 0.1) is 19.8 Å². The van der Waals surface area contributed by atoms with Crippen LogP contribution in [-0.2, 0) is 14.3 Å². The van der Waals surface area contributed by atoms with Gasteiger partial charge in [-0.2, -0.15) is 0 Å². The average molecular weight is 250 g/mol. The number of carbonyl (C=O) groups is 1. The van der Waals surface area contributed by atoms with Crippen LogP contribution in [0.15, 0.2) is 11.5 Å². The van der Waals surface area contributed by atoms with Crippen molar-refractivity contribution >= 4 is 5.97 Å².